The van der Waals surface area contributed by atoms with Crippen molar-refractivity contribution in [3.8, 4) is 0 Å². The fraction of sp³-hybridized carbons (Fsp3) is 1.00. The number of rotatable bonds is 8. The van der Waals surface area contributed by atoms with Crippen LogP contribution in [-0.4, -0.2) is 63.3 Å². The second-order valence-electron chi connectivity index (χ2n) is 9.09. The summed E-state index contributed by atoms with van der Waals surface area (Å²) in [5, 5.41) is 0. The predicted octanol–water partition coefficient (Wildman–Crippen LogP) is 3.65. The minimum atomic E-state index is -1.74. The first kappa shape index (κ1) is 21.5. The van der Waals surface area contributed by atoms with E-state index in [0.717, 1.165) is 0 Å². The first-order valence-corrected chi connectivity index (χ1v) is 18.6. The molecule has 0 spiro atoms. The molecule has 0 N–H and O–H groups in total. The Labute approximate surface area is 145 Å². The van der Waals surface area contributed by atoms with Crippen LogP contribution in [0.2, 0.25) is 58.9 Å². The van der Waals surface area contributed by atoms with E-state index in [4.69, 9.17) is 22.8 Å². The Kier molecular flexibility index (Phi) is 7.27. The van der Waals surface area contributed by atoms with Crippen LogP contribution in [0.15, 0.2) is 0 Å². The van der Waals surface area contributed by atoms with Crippen molar-refractivity contribution in [2.45, 2.75) is 83.5 Å². The summed E-state index contributed by atoms with van der Waals surface area (Å²) in [5.74, 6) is 0. The summed E-state index contributed by atoms with van der Waals surface area (Å²) in [5.41, 5.74) is 0. The van der Waals surface area contributed by atoms with Crippen molar-refractivity contribution in [2.75, 3.05) is 13.7 Å². The van der Waals surface area contributed by atoms with Gasteiger partial charge in [0.1, 0.15) is 18.3 Å². The lowest BCUT2D eigenvalue weighted by Gasteiger charge is -2.34. The molecule has 0 bridgehead atoms. The molecule has 1 rings (SSSR count). The van der Waals surface area contributed by atoms with Gasteiger partial charge in [0, 0.05) is 7.11 Å². The van der Waals surface area contributed by atoms with Gasteiger partial charge in [-0.25, -0.2) is 0 Å². The summed E-state index contributed by atoms with van der Waals surface area (Å²) in [6.07, 6.45) is -0.846. The number of hydrogen-bond donors (Lipinski definition) is 0. The highest BCUT2D eigenvalue weighted by atomic mass is 28.4. The Morgan fingerprint density at radius 1 is 0.739 bits per heavy atom. The zero-order valence-electron chi connectivity index (χ0n) is 16.6. The van der Waals surface area contributed by atoms with Gasteiger partial charge in [-0.05, 0) is 58.9 Å². The summed E-state index contributed by atoms with van der Waals surface area (Å²) in [4.78, 5) is 0. The summed E-state index contributed by atoms with van der Waals surface area (Å²) in [6, 6.07) is 0. The SMILES string of the molecule is COC1OC(CO[Si](C)(C)C)C(O[Si](C)(C)C)C1O[Si](C)(C)C. The Morgan fingerprint density at radius 3 is 1.61 bits per heavy atom. The molecule has 4 unspecified atom stereocenters. The van der Waals surface area contributed by atoms with Gasteiger partial charge >= 0.3 is 0 Å². The minimum Gasteiger partial charge on any atom is -0.415 e. The molecule has 0 aromatic rings. The van der Waals surface area contributed by atoms with Gasteiger partial charge in [-0.1, -0.05) is 0 Å². The fourth-order valence-corrected chi connectivity index (χ4v) is 5.26. The molecule has 0 saturated carbocycles. The van der Waals surface area contributed by atoms with Gasteiger partial charge < -0.3 is 22.8 Å². The van der Waals surface area contributed by atoms with Crippen LogP contribution in [-0.2, 0) is 22.8 Å². The zero-order chi connectivity index (χ0) is 18.1. The van der Waals surface area contributed by atoms with Gasteiger partial charge in [-0.15, -0.1) is 0 Å². The minimum absolute atomic E-state index is 0.130. The number of hydrogen-bond acceptors (Lipinski definition) is 5. The molecule has 1 aliphatic heterocycles. The van der Waals surface area contributed by atoms with E-state index in [1.165, 1.54) is 0 Å². The van der Waals surface area contributed by atoms with Crippen molar-refractivity contribution in [1.29, 1.82) is 0 Å². The van der Waals surface area contributed by atoms with Crippen LogP contribution in [0.25, 0.3) is 0 Å². The van der Waals surface area contributed by atoms with Crippen molar-refractivity contribution in [3.05, 3.63) is 0 Å². The molecule has 1 fully saturated rings. The van der Waals surface area contributed by atoms with Crippen LogP contribution in [0.4, 0.5) is 0 Å². The lowest BCUT2D eigenvalue weighted by atomic mass is 10.1. The summed E-state index contributed by atoms with van der Waals surface area (Å²) in [6.45, 7) is 20.2. The average molecular weight is 381 g/mol. The predicted molar refractivity (Wildman–Crippen MR) is 101 cm³/mol. The van der Waals surface area contributed by atoms with Crippen LogP contribution in [0.3, 0.4) is 0 Å². The molecule has 0 aliphatic carbocycles. The van der Waals surface area contributed by atoms with Crippen molar-refractivity contribution < 1.29 is 22.8 Å². The fourth-order valence-electron chi connectivity index (χ4n) is 2.43. The normalized spacial score (nSPS) is 30.0. The third kappa shape index (κ3) is 7.91. The van der Waals surface area contributed by atoms with Gasteiger partial charge in [0.2, 0.25) is 0 Å². The molecule has 1 heterocycles. The molecule has 5 nitrogen and oxygen atoms in total. The van der Waals surface area contributed by atoms with Crippen molar-refractivity contribution in [1.82, 2.24) is 0 Å². The van der Waals surface area contributed by atoms with Gasteiger partial charge in [0.15, 0.2) is 31.2 Å². The zero-order valence-corrected chi connectivity index (χ0v) is 19.6. The first-order chi connectivity index (χ1) is 10.2. The largest absolute Gasteiger partial charge is 0.415 e. The molecular weight excluding hydrogens is 344 g/mol. The molecule has 8 heteroatoms. The molecule has 1 saturated heterocycles. The van der Waals surface area contributed by atoms with E-state index in [9.17, 15) is 0 Å². The molecule has 0 radical (unpaired) electrons. The molecule has 23 heavy (non-hydrogen) atoms. The number of ether oxygens (including phenoxy) is 2. The Balaban J connectivity index is 2.95. The topological polar surface area (TPSA) is 46.2 Å². The van der Waals surface area contributed by atoms with E-state index >= 15 is 0 Å². The Hall–Kier alpha value is 0.451. The molecule has 0 aromatic carbocycles. The Morgan fingerprint density at radius 2 is 1.22 bits per heavy atom. The first-order valence-electron chi connectivity index (χ1n) is 8.40. The highest BCUT2D eigenvalue weighted by Gasteiger charge is 2.49. The van der Waals surface area contributed by atoms with E-state index < -0.39 is 31.2 Å². The molecule has 1 aliphatic rings. The third-order valence-electron chi connectivity index (χ3n) is 3.16. The van der Waals surface area contributed by atoms with Crippen molar-refractivity contribution in [3.63, 3.8) is 0 Å². The smallest absolute Gasteiger partial charge is 0.185 e. The van der Waals surface area contributed by atoms with Crippen molar-refractivity contribution in [2.24, 2.45) is 0 Å². The molecule has 0 amide bonds. The lowest BCUT2D eigenvalue weighted by molar-refractivity contribution is -0.149. The highest BCUT2D eigenvalue weighted by Crippen LogP contribution is 2.32. The molecular formula is C15H36O5Si3. The van der Waals surface area contributed by atoms with Gasteiger partial charge in [0.05, 0.1) is 6.61 Å². The van der Waals surface area contributed by atoms with E-state index in [-0.39, 0.29) is 18.3 Å². The molecule has 0 aromatic heterocycles. The van der Waals surface area contributed by atoms with E-state index in [1.54, 1.807) is 7.11 Å². The van der Waals surface area contributed by atoms with Crippen LogP contribution >= 0.6 is 0 Å². The van der Waals surface area contributed by atoms with Gasteiger partial charge in [-0.3, -0.25) is 0 Å². The second-order valence-corrected chi connectivity index (χ2v) is 22.5. The van der Waals surface area contributed by atoms with Gasteiger partial charge in [0.25, 0.3) is 0 Å². The van der Waals surface area contributed by atoms with Crippen LogP contribution in [0.1, 0.15) is 0 Å². The maximum Gasteiger partial charge on any atom is 0.185 e. The molecule has 4 atom stereocenters. The monoisotopic (exact) mass is 380 g/mol. The van der Waals surface area contributed by atoms with Crippen LogP contribution in [0.5, 0.6) is 0 Å². The van der Waals surface area contributed by atoms with E-state index in [1.807, 2.05) is 0 Å². The highest BCUT2D eigenvalue weighted by molar-refractivity contribution is 6.70. The van der Waals surface area contributed by atoms with Crippen LogP contribution in [0, 0.1) is 0 Å². The summed E-state index contributed by atoms with van der Waals surface area (Å²) >= 11 is 0. The van der Waals surface area contributed by atoms with Crippen molar-refractivity contribution >= 4 is 25.0 Å². The standard InChI is InChI=1S/C15H36O5Si3/c1-16-15-14(20-23(8,9)10)13(19-22(5,6)7)12(18-15)11-17-21(2,3)4/h12-15H,11H2,1-10H3. The maximum absolute atomic E-state index is 6.43. The summed E-state index contributed by atoms with van der Waals surface area (Å²) in [7, 11) is -3.43. The quantitative estimate of drug-likeness (QED) is 0.602. The summed E-state index contributed by atoms with van der Waals surface area (Å²) < 4.78 is 30.5. The second kappa shape index (κ2) is 7.77. The van der Waals surface area contributed by atoms with E-state index in [2.05, 4.69) is 58.9 Å². The number of methoxy groups -OCH3 is 1. The average Bonchev–Trinajstić information content (AvgIpc) is 2.60. The lowest BCUT2D eigenvalue weighted by Crippen LogP contribution is -2.49. The third-order valence-corrected chi connectivity index (χ3v) is 6.15. The maximum atomic E-state index is 6.43. The molecule has 138 valence electrons. The Bertz CT molecular complexity index is 373. The van der Waals surface area contributed by atoms with Crippen LogP contribution < -0.4 is 0 Å². The van der Waals surface area contributed by atoms with Gasteiger partial charge in [-0.2, -0.15) is 0 Å². The van der Waals surface area contributed by atoms with E-state index in [0.29, 0.717) is 6.61 Å².